The van der Waals surface area contributed by atoms with Crippen LogP contribution in [0.2, 0.25) is 0 Å². The number of unbranched alkanes of at least 4 members (excludes halogenated alkanes) is 16. The van der Waals surface area contributed by atoms with E-state index in [2.05, 4.69) is 184 Å². The Morgan fingerprint density at radius 1 is 0.370 bits per heavy atom. The van der Waals surface area contributed by atoms with E-state index in [0.717, 1.165) is 154 Å². The van der Waals surface area contributed by atoms with E-state index in [1.807, 2.05) is 0 Å². The molecule has 0 aliphatic rings. The third kappa shape index (κ3) is 64.4. The predicted molar refractivity (Wildman–Crippen MR) is 348 cm³/mol. The lowest BCUT2D eigenvalue weighted by molar-refractivity contribution is -0.161. The van der Waals surface area contributed by atoms with Gasteiger partial charge in [0.2, 0.25) is 0 Å². The fourth-order valence-electron chi connectivity index (χ4n) is 8.01. The van der Waals surface area contributed by atoms with Crippen LogP contribution >= 0.6 is 7.82 Å². The average Bonchev–Trinajstić information content (AvgIpc) is 3.46. The average molecular weight is 1140 g/mol. The minimum Gasteiger partial charge on any atom is -0.462 e. The van der Waals surface area contributed by atoms with Gasteiger partial charge < -0.3 is 20.1 Å². The van der Waals surface area contributed by atoms with Crippen molar-refractivity contribution in [3.8, 4) is 0 Å². The third-order valence-electron chi connectivity index (χ3n) is 12.6. The zero-order valence-corrected chi connectivity index (χ0v) is 51.8. The summed E-state index contributed by atoms with van der Waals surface area (Å²) >= 11 is 0. The van der Waals surface area contributed by atoms with Crippen LogP contribution < -0.4 is 5.73 Å². The van der Waals surface area contributed by atoms with Crippen molar-refractivity contribution in [3.63, 3.8) is 0 Å². The molecule has 0 fully saturated rings. The molecule has 456 valence electrons. The number of esters is 2. The maximum absolute atomic E-state index is 12.7. The summed E-state index contributed by atoms with van der Waals surface area (Å²) in [6.45, 7) is 3.47. The second-order valence-electron chi connectivity index (χ2n) is 20.2. The minimum absolute atomic E-state index is 0.0412. The quantitative estimate of drug-likeness (QED) is 0.0264. The molecule has 0 radical (unpaired) electrons. The molecule has 0 saturated heterocycles. The highest BCUT2D eigenvalue weighted by Crippen LogP contribution is 2.43. The van der Waals surface area contributed by atoms with Crippen molar-refractivity contribution in [2.45, 2.75) is 238 Å². The number of nitrogens with two attached hydrogens (primary N) is 1. The van der Waals surface area contributed by atoms with Gasteiger partial charge in [0, 0.05) is 19.4 Å². The summed E-state index contributed by atoms with van der Waals surface area (Å²) in [5.41, 5.74) is 5.39. The zero-order valence-electron chi connectivity index (χ0n) is 50.9. The smallest absolute Gasteiger partial charge is 0.462 e. The zero-order chi connectivity index (χ0) is 58.7. The Hall–Kier alpha value is -4.63. The molecular formula is C71H114NO8P. The first-order valence-electron chi connectivity index (χ1n) is 31.6. The second kappa shape index (κ2) is 64.5. The van der Waals surface area contributed by atoms with E-state index in [-0.39, 0.29) is 32.6 Å². The van der Waals surface area contributed by atoms with Crippen LogP contribution in [0.4, 0.5) is 0 Å². The molecular weight excluding hydrogens is 1030 g/mol. The number of carbonyl (C=O) groups excluding carboxylic acids is 2. The Bertz CT molecular complexity index is 1930. The van der Waals surface area contributed by atoms with E-state index in [0.29, 0.717) is 12.8 Å². The number of carbonyl (C=O) groups is 2. The molecule has 3 N–H and O–H groups in total. The van der Waals surface area contributed by atoms with Crippen LogP contribution in [-0.4, -0.2) is 49.3 Å². The van der Waals surface area contributed by atoms with Crippen molar-refractivity contribution >= 4 is 19.8 Å². The van der Waals surface area contributed by atoms with E-state index in [1.165, 1.54) is 38.5 Å². The topological polar surface area (TPSA) is 134 Å². The summed E-state index contributed by atoms with van der Waals surface area (Å²) in [6.07, 6.45) is 95.5. The summed E-state index contributed by atoms with van der Waals surface area (Å²) in [7, 11) is -4.41. The van der Waals surface area contributed by atoms with Crippen molar-refractivity contribution in [3.05, 3.63) is 170 Å². The van der Waals surface area contributed by atoms with Gasteiger partial charge in [-0.2, -0.15) is 0 Å². The number of allylic oxidation sites excluding steroid dienone is 28. The molecule has 0 amide bonds. The highest BCUT2D eigenvalue weighted by molar-refractivity contribution is 7.47. The van der Waals surface area contributed by atoms with E-state index < -0.39 is 32.5 Å². The van der Waals surface area contributed by atoms with Crippen LogP contribution in [0.5, 0.6) is 0 Å². The van der Waals surface area contributed by atoms with Crippen LogP contribution in [0.25, 0.3) is 0 Å². The van der Waals surface area contributed by atoms with E-state index in [4.69, 9.17) is 24.3 Å². The number of ether oxygens (including phenoxy) is 2. The van der Waals surface area contributed by atoms with Gasteiger partial charge in [0.1, 0.15) is 6.61 Å². The Balaban J connectivity index is 4.04. The van der Waals surface area contributed by atoms with E-state index in [1.54, 1.807) is 0 Å². The Labute approximate surface area is 495 Å². The number of hydrogen-bond acceptors (Lipinski definition) is 8. The molecule has 10 heteroatoms. The maximum atomic E-state index is 12.7. The third-order valence-corrected chi connectivity index (χ3v) is 13.6. The molecule has 9 nitrogen and oxygen atoms in total. The SMILES string of the molecule is CC/C=C\C/C=C\C/C=C\C/C=C\C/C=C\C/C=C\C/C=C\C/C=C\CCCCCCCCCCCCC(=O)OC(COC(=O)CCCCCCCC/C=C\C/C=C\C/C=C\C/C=C\C/C=C\C/C=C\CC)COP(=O)(O)OCCN. The number of phosphoric acid groups is 1. The van der Waals surface area contributed by atoms with Gasteiger partial charge in [-0.05, 0) is 128 Å². The maximum Gasteiger partial charge on any atom is 0.472 e. The van der Waals surface area contributed by atoms with Crippen LogP contribution in [0.3, 0.4) is 0 Å². The Morgan fingerprint density at radius 3 is 0.951 bits per heavy atom. The van der Waals surface area contributed by atoms with Gasteiger partial charge >= 0.3 is 19.8 Å². The lowest BCUT2D eigenvalue weighted by atomic mass is 10.0. The van der Waals surface area contributed by atoms with Crippen molar-refractivity contribution in [2.75, 3.05) is 26.4 Å². The van der Waals surface area contributed by atoms with Crippen molar-refractivity contribution in [2.24, 2.45) is 5.73 Å². The van der Waals surface area contributed by atoms with Gasteiger partial charge in [-0.3, -0.25) is 18.6 Å². The Kier molecular flexibility index (Phi) is 60.8. The molecule has 0 heterocycles. The van der Waals surface area contributed by atoms with Crippen molar-refractivity contribution < 1.29 is 37.6 Å². The molecule has 0 saturated carbocycles. The molecule has 0 aliphatic carbocycles. The molecule has 2 atom stereocenters. The summed E-state index contributed by atoms with van der Waals surface area (Å²) in [6, 6.07) is 0. The second-order valence-corrected chi connectivity index (χ2v) is 21.6. The molecule has 0 aromatic heterocycles. The van der Waals surface area contributed by atoms with Crippen LogP contribution in [0.1, 0.15) is 232 Å². The first-order valence-corrected chi connectivity index (χ1v) is 33.1. The normalized spacial score (nSPS) is 14.2. The van der Waals surface area contributed by atoms with Gasteiger partial charge in [-0.1, -0.05) is 261 Å². The summed E-state index contributed by atoms with van der Waals surface area (Å²) < 4.78 is 33.1. The van der Waals surface area contributed by atoms with E-state index >= 15 is 0 Å². The summed E-state index contributed by atoms with van der Waals surface area (Å²) in [5, 5.41) is 0. The largest absolute Gasteiger partial charge is 0.472 e. The lowest BCUT2D eigenvalue weighted by Gasteiger charge is -2.19. The van der Waals surface area contributed by atoms with Crippen LogP contribution in [-0.2, 0) is 32.7 Å². The Morgan fingerprint density at radius 2 is 0.642 bits per heavy atom. The standard InChI is InChI=1S/C71H114NO8P/c1-3-5-7-9-11-13-15-17-19-21-23-25-27-29-30-31-32-33-34-35-36-37-38-40-42-44-46-48-50-52-54-56-58-60-62-64-71(74)80-69(68-79-81(75,76)78-66-65-72)67-77-70(73)63-61-59-57-55-53-51-49-47-45-43-41-39-28-26-24-22-20-18-16-14-12-10-8-6-4-2/h5-8,11-14,17-20,23-26,29-30,32-33,35-36,38-41,45,47,69H,3-4,9-10,15-16,21-22,27-28,31,34,37,42-44,46,48-68,72H2,1-2H3,(H,75,76)/b7-5-,8-6-,13-11-,14-12-,19-17-,20-18-,25-23-,26-24-,30-29-,33-32-,36-35-,40-38-,41-39-,47-45-. The van der Waals surface area contributed by atoms with Crippen molar-refractivity contribution in [1.29, 1.82) is 0 Å². The van der Waals surface area contributed by atoms with Gasteiger partial charge in [-0.25, -0.2) is 4.57 Å². The molecule has 0 aromatic rings. The van der Waals surface area contributed by atoms with E-state index in [9.17, 15) is 19.0 Å². The number of hydrogen-bond donors (Lipinski definition) is 2. The molecule has 0 spiro atoms. The van der Waals surface area contributed by atoms with Crippen LogP contribution in [0.15, 0.2) is 170 Å². The fraction of sp³-hybridized carbons (Fsp3) is 0.577. The molecule has 0 aliphatic heterocycles. The first kappa shape index (κ1) is 76.4. The molecule has 81 heavy (non-hydrogen) atoms. The molecule has 0 rings (SSSR count). The summed E-state index contributed by atoms with van der Waals surface area (Å²) in [4.78, 5) is 35.3. The number of rotatable bonds is 57. The minimum atomic E-state index is -4.41. The monoisotopic (exact) mass is 1140 g/mol. The molecule has 0 bridgehead atoms. The van der Waals surface area contributed by atoms with Gasteiger partial charge in [0.25, 0.3) is 0 Å². The fourth-order valence-corrected chi connectivity index (χ4v) is 8.77. The van der Waals surface area contributed by atoms with Crippen molar-refractivity contribution in [1.82, 2.24) is 0 Å². The predicted octanol–water partition coefficient (Wildman–Crippen LogP) is 20.6. The van der Waals surface area contributed by atoms with Gasteiger partial charge in [0.05, 0.1) is 13.2 Å². The highest BCUT2D eigenvalue weighted by atomic mass is 31.2. The molecule has 0 aromatic carbocycles. The van der Waals surface area contributed by atoms with Gasteiger partial charge in [-0.15, -0.1) is 0 Å². The highest BCUT2D eigenvalue weighted by Gasteiger charge is 2.26. The summed E-state index contributed by atoms with van der Waals surface area (Å²) in [5.74, 6) is -0.861. The van der Waals surface area contributed by atoms with Gasteiger partial charge in [0.15, 0.2) is 6.10 Å². The van der Waals surface area contributed by atoms with Crippen LogP contribution in [0, 0.1) is 0 Å². The lowest BCUT2D eigenvalue weighted by Crippen LogP contribution is -2.29. The number of phosphoric ester groups is 1. The first-order chi connectivity index (χ1) is 39.8. The molecule has 2 unspecified atom stereocenters.